The Morgan fingerprint density at radius 1 is 1.25 bits per heavy atom. The third-order valence-electron chi connectivity index (χ3n) is 3.71. The molecule has 24 heavy (non-hydrogen) atoms. The molecule has 2 rings (SSSR count). The van der Waals surface area contributed by atoms with E-state index in [9.17, 15) is 18.0 Å². The van der Waals surface area contributed by atoms with Gasteiger partial charge < -0.3 is 10.6 Å². The number of thioether (sulfide) groups is 1. The summed E-state index contributed by atoms with van der Waals surface area (Å²) < 4.78 is 23.0. The summed E-state index contributed by atoms with van der Waals surface area (Å²) in [6.07, 6.45) is 0.430. The molecular formula is C16H22N2O4S2. The van der Waals surface area contributed by atoms with E-state index in [1.807, 2.05) is 31.2 Å². The zero-order chi connectivity index (χ0) is 17.8. The molecule has 1 fully saturated rings. The number of sulfone groups is 1. The fourth-order valence-corrected chi connectivity index (χ4v) is 5.35. The highest BCUT2D eigenvalue weighted by Gasteiger charge is 2.39. The van der Waals surface area contributed by atoms with Gasteiger partial charge in [0, 0.05) is 5.69 Å². The standard InChI is InChI=1S/C16H22N2O4S2/c1-12-4-3-5-13(8-12)17-14(19)9-23-10-15(20)18-16(2)6-7-24(21,22)11-16/h3-5,8H,6-7,9-11H2,1-2H3,(H,17,19)(H,18,20). The SMILES string of the molecule is Cc1cccc(NC(=O)CSCC(=O)NC2(C)CCS(=O)(=O)C2)c1. The van der Waals surface area contributed by atoms with Crippen molar-refractivity contribution >= 4 is 39.1 Å². The molecule has 1 saturated heterocycles. The van der Waals surface area contributed by atoms with E-state index in [-0.39, 0.29) is 34.8 Å². The van der Waals surface area contributed by atoms with Gasteiger partial charge in [-0.2, -0.15) is 0 Å². The van der Waals surface area contributed by atoms with Gasteiger partial charge in [-0.1, -0.05) is 12.1 Å². The highest BCUT2D eigenvalue weighted by atomic mass is 32.2. The molecule has 1 aliphatic rings. The maximum Gasteiger partial charge on any atom is 0.234 e. The molecule has 1 unspecified atom stereocenters. The molecule has 8 heteroatoms. The molecule has 0 bridgehead atoms. The second-order valence-electron chi connectivity index (χ2n) is 6.36. The van der Waals surface area contributed by atoms with Crippen molar-refractivity contribution in [1.82, 2.24) is 5.32 Å². The number of amides is 2. The van der Waals surface area contributed by atoms with Gasteiger partial charge in [-0.25, -0.2) is 8.42 Å². The van der Waals surface area contributed by atoms with Gasteiger partial charge in [0.05, 0.1) is 28.6 Å². The van der Waals surface area contributed by atoms with E-state index in [4.69, 9.17) is 0 Å². The minimum atomic E-state index is -3.06. The van der Waals surface area contributed by atoms with Gasteiger partial charge in [0.25, 0.3) is 0 Å². The van der Waals surface area contributed by atoms with Gasteiger partial charge >= 0.3 is 0 Å². The molecule has 132 valence electrons. The maximum absolute atomic E-state index is 11.9. The van der Waals surface area contributed by atoms with E-state index in [0.29, 0.717) is 6.42 Å². The fourth-order valence-electron chi connectivity index (χ4n) is 2.64. The number of benzene rings is 1. The largest absolute Gasteiger partial charge is 0.349 e. The summed E-state index contributed by atoms with van der Waals surface area (Å²) in [6.45, 7) is 3.68. The summed E-state index contributed by atoms with van der Waals surface area (Å²) in [7, 11) is -3.06. The average Bonchev–Trinajstić information content (AvgIpc) is 2.72. The lowest BCUT2D eigenvalue weighted by Gasteiger charge is -2.23. The van der Waals surface area contributed by atoms with Crippen LogP contribution >= 0.6 is 11.8 Å². The number of carbonyl (C=O) groups is 2. The van der Waals surface area contributed by atoms with Crippen molar-refractivity contribution < 1.29 is 18.0 Å². The Hall–Kier alpha value is -1.54. The van der Waals surface area contributed by atoms with Crippen molar-refractivity contribution in [3.8, 4) is 0 Å². The Balaban J connectivity index is 1.72. The molecule has 1 aliphatic heterocycles. The van der Waals surface area contributed by atoms with Crippen molar-refractivity contribution in [2.45, 2.75) is 25.8 Å². The normalized spacial score (nSPS) is 22.1. The molecule has 2 amide bonds. The van der Waals surface area contributed by atoms with Crippen LogP contribution in [0, 0.1) is 6.92 Å². The van der Waals surface area contributed by atoms with Crippen molar-refractivity contribution in [1.29, 1.82) is 0 Å². The van der Waals surface area contributed by atoms with Crippen LogP contribution in [0.5, 0.6) is 0 Å². The van der Waals surface area contributed by atoms with Gasteiger partial charge in [-0.3, -0.25) is 9.59 Å². The predicted octanol–water partition coefficient (Wildman–Crippen LogP) is 1.36. The lowest BCUT2D eigenvalue weighted by atomic mass is 10.0. The monoisotopic (exact) mass is 370 g/mol. The fraction of sp³-hybridized carbons (Fsp3) is 0.500. The smallest absolute Gasteiger partial charge is 0.234 e. The molecule has 1 aromatic rings. The molecule has 1 heterocycles. The molecule has 0 aliphatic carbocycles. The molecule has 0 radical (unpaired) electrons. The molecule has 1 atom stereocenters. The number of nitrogens with one attached hydrogen (secondary N) is 2. The number of aryl methyl sites for hydroxylation is 1. The van der Waals surface area contributed by atoms with Gasteiger partial charge in [-0.15, -0.1) is 11.8 Å². The van der Waals surface area contributed by atoms with Crippen LogP contribution < -0.4 is 10.6 Å². The van der Waals surface area contributed by atoms with Crippen LogP contribution in [-0.2, 0) is 19.4 Å². The van der Waals surface area contributed by atoms with Crippen LogP contribution in [0.2, 0.25) is 0 Å². The van der Waals surface area contributed by atoms with E-state index in [2.05, 4.69) is 10.6 Å². The van der Waals surface area contributed by atoms with Crippen LogP contribution in [0.25, 0.3) is 0 Å². The quantitative estimate of drug-likeness (QED) is 0.789. The second kappa shape index (κ2) is 7.57. The summed E-state index contributed by atoms with van der Waals surface area (Å²) in [4.78, 5) is 23.8. The van der Waals surface area contributed by atoms with E-state index >= 15 is 0 Å². The van der Waals surface area contributed by atoms with Crippen LogP contribution in [-0.4, -0.2) is 48.8 Å². The number of hydrogen-bond acceptors (Lipinski definition) is 5. The van der Waals surface area contributed by atoms with Crippen LogP contribution in [0.3, 0.4) is 0 Å². The first-order valence-corrected chi connectivity index (χ1v) is 10.6. The highest BCUT2D eigenvalue weighted by Crippen LogP contribution is 2.22. The van der Waals surface area contributed by atoms with Crippen molar-refractivity contribution in [2.75, 3.05) is 28.3 Å². The van der Waals surface area contributed by atoms with E-state index in [1.54, 1.807) is 6.92 Å². The summed E-state index contributed by atoms with van der Waals surface area (Å²) >= 11 is 1.20. The van der Waals surface area contributed by atoms with Gasteiger partial charge in [0.2, 0.25) is 11.8 Å². The van der Waals surface area contributed by atoms with E-state index in [1.165, 1.54) is 11.8 Å². The van der Waals surface area contributed by atoms with Gasteiger partial charge in [-0.05, 0) is 38.0 Å². The number of hydrogen-bond donors (Lipinski definition) is 2. The minimum Gasteiger partial charge on any atom is -0.349 e. The highest BCUT2D eigenvalue weighted by molar-refractivity contribution is 8.00. The van der Waals surface area contributed by atoms with Crippen molar-refractivity contribution in [3.05, 3.63) is 29.8 Å². The van der Waals surface area contributed by atoms with Crippen molar-refractivity contribution in [3.63, 3.8) is 0 Å². The Morgan fingerprint density at radius 3 is 2.58 bits per heavy atom. The van der Waals surface area contributed by atoms with Crippen LogP contribution in [0.4, 0.5) is 5.69 Å². The number of rotatable bonds is 6. The average molecular weight is 370 g/mol. The van der Waals surface area contributed by atoms with Crippen LogP contribution in [0.15, 0.2) is 24.3 Å². The van der Waals surface area contributed by atoms with E-state index < -0.39 is 15.4 Å². The molecule has 0 aromatic heterocycles. The van der Waals surface area contributed by atoms with E-state index in [0.717, 1.165) is 11.3 Å². The Bertz CT molecular complexity index is 733. The summed E-state index contributed by atoms with van der Waals surface area (Å²) in [6, 6.07) is 7.49. The Morgan fingerprint density at radius 2 is 1.96 bits per heavy atom. The predicted molar refractivity (Wildman–Crippen MR) is 97.0 cm³/mol. The maximum atomic E-state index is 11.9. The lowest BCUT2D eigenvalue weighted by molar-refractivity contribution is -0.120. The van der Waals surface area contributed by atoms with Gasteiger partial charge in [0.1, 0.15) is 0 Å². The molecular weight excluding hydrogens is 348 g/mol. The molecule has 1 aromatic carbocycles. The first kappa shape index (κ1) is 18.8. The topological polar surface area (TPSA) is 92.3 Å². The molecule has 0 spiro atoms. The Labute approximate surface area is 146 Å². The zero-order valence-corrected chi connectivity index (χ0v) is 15.4. The second-order valence-corrected chi connectivity index (χ2v) is 9.53. The zero-order valence-electron chi connectivity index (χ0n) is 13.8. The first-order chi connectivity index (χ1) is 11.2. The van der Waals surface area contributed by atoms with Crippen molar-refractivity contribution in [2.24, 2.45) is 0 Å². The third kappa shape index (κ3) is 5.83. The molecule has 6 nitrogen and oxygen atoms in total. The first-order valence-electron chi connectivity index (χ1n) is 7.63. The molecule has 2 N–H and O–H groups in total. The number of carbonyl (C=O) groups excluding carboxylic acids is 2. The minimum absolute atomic E-state index is 0.0236. The lowest BCUT2D eigenvalue weighted by Crippen LogP contribution is -2.47. The van der Waals surface area contributed by atoms with Gasteiger partial charge in [0.15, 0.2) is 9.84 Å². The summed E-state index contributed by atoms with van der Waals surface area (Å²) in [5.74, 6) is -0.0520. The summed E-state index contributed by atoms with van der Waals surface area (Å²) in [5.41, 5.74) is 1.09. The Kier molecular flexibility index (Phi) is 5.92. The number of anilines is 1. The summed E-state index contributed by atoms with van der Waals surface area (Å²) in [5, 5.41) is 5.55. The molecule has 0 saturated carbocycles. The third-order valence-corrected chi connectivity index (χ3v) is 6.55. The van der Waals surface area contributed by atoms with Crippen LogP contribution in [0.1, 0.15) is 18.9 Å².